The normalized spacial score (nSPS) is 10.9. The lowest BCUT2D eigenvalue weighted by Gasteiger charge is -2.02. The van der Waals surface area contributed by atoms with Gasteiger partial charge in [0.05, 0.1) is 12.1 Å². The summed E-state index contributed by atoms with van der Waals surface area (Å²) in [7, 11) is 0. The Hall–Kier alpha value is -3.67. The maximum absolute atomic E-state index is 12.6. The van der Waals surface area contributed by atoms with E-state index in [1.165, 1.54) is 0 Å². The summed E-state index contributed by atoms with van der Waals surface area (Å²) >= 11 is 0. The molecule has 2 aromatic carbocycles. The number of benzene rings is 2. The van der Waals surface area contributed by atoms with Crippen molar-refractivity contribution >= 4 is 22.6 Å². The topological polar surface area (TPSA) is 88.0 Å². The molecule has 0 spiro atoms. The number of ketones is 1. The van der Waals surface area contributed by atoms with Crippen molar-refractivity contribution in [2.75, 3.05) is 0 Å². The molecule has 0 aliphatic carbocycles. The molecular weight excluding hydrogens is 342 g/mol. The van der Waals surface area contributed by atoms with E-state index >= 15 is 0 Å². The summed E-state index contributed by atoms with van der Waals surface area (Å²) in [4.78, 5) is 28.1. The molecule has 4 aromatic rings. The molecule has 0 saturated heterocycles. The van der Waals surface area contributed by atoms with Crippen molar-refractivity contribution in [3.63, 3.8) is 0 Å². The Morgan fingerprint density at radius 1 is 1.07 bits per heavy atom. The van der Waals surface area contributed by atoms with E-state index in [0.717, 1.165) is 16.5 Å². The average molecular weight is 359 g/mol. The highest BCUT2D eigenvalue weighted by Crippen LogP contribution is 2.22. The first kappa shape index (κ1) is 16.8. The number of Topliss-reactive ketones (excluding diaryl/α,β-unsaturated/α-hetero) is 1. The number of aromatic amines is 1. The van der Waals surface area contributed by atoms with Gasteiger partial charge < -0.3 is 14.8 Å². The van der Waals surface area contributed by atoms with Gasteiger partial charge in [-0.25, -0.2) is 0 Å². The minimum absolute atomic E-state index is 0.113. The second-order valence-corrected chi connectivity index (χ2v) is 6.23. The third-order valence-corrected chi connectivity index (χ3v) is 4.37. The van der Waals surface area contributed by atoms with Crippen LogP contribution < -0.4 is 5.32 Å². The molecule has 27 heavy (non-hydrogen) atoms. The zero-order chi connectivity index (χ0) is 18.8. The number of aromatic nitrogens is 2. The molecule has 0 radical (unpaired) electrons. The number of para-hydroxylation sites is 1. The minimum atomic E-state index is -0.674. The molecule has 6 heteroatoms. The van der Waals surface area contributed by atoms with Gasteiger partial charge in [-0.3, -0.25) is 9.59 Å². The van der Waals surface area contributed by atoms with Crippen molar-refractivity contribution < 1.29 is 14.1 Å². The number of nitrogens with zero attached hydrogens (tertiary/aromatic N) is 1. The molecule has 0 unspecified atom stereocenters. The number of aryl methyl sites for hydroxylation is 1. The highest BCUT2D eigenvalue weighted by atomic mass is 16.5. The second-order valence-electron chi connectivity index (χ2n) is 6.23. The summed E-state index contributed by atoms with van der Waals surface area (Å²) in [5, 5.41) is 7.30. The van der Waals surface area contributed by atoms with E-state index in [9.17, 15) is 9.59 Å². The van der Waals surface area contributed by atoms with Gasteiger partial charge in [0.2, 0.25) is 0 Å². The van der Waals surface area contributed by atoms with Gasteiger partial charge in [-0.05, 0) is 13.0 Å². The molecule has 4 rings (SSSR count). The van der Waals surface area contributed by atoms with Crippen molar-refractivity contribution in [2.45, 2.75) is 13.5 Å². The summed E-state index contributed by atoms with van der Waals surface area (Å²) in [6, 6.07) is 18.7. The quantitative estimate of drug-likeness (QED) is 0.421. The number of rotatable bonds is 5. The zero-order valence-corrected chi connectivity index (χ0v) is 14.7. The van der Waals surface area contributed by atoms with Crippen molar-refractivity contribution in [2.24, 2.45) is 0 Å². The average Bonchev–Trinajstić information content (AvgIpc) is 3.30. The Kier molecular flexibility index (Phi) is 4.30. The summed E-state index contributed by atoms with van der Waals surface area (Å²) in [5.41, 5.74) is 3.34. The Bertz CT molecular complexity index is 1130. The maximum Gasteiger partial charge on any atom is 0.292 e. The van der Waals surface area contributed by atoms with Gasteiger partial charge in [-0.15, -0.1) is 0 Å². The Morgan fingerprint density at radius 3 is 2.63 bits per heavy atom. The van der Waals surface area contributed by atoms with Crippen LogP contribution >= 0.6 is 0 Å². The summed E-state index contributed by atoms with van der Waals surface area (Å²) in [5.74, 6) is -0.637. The lowest BCUT2D eigenvalue weighted by Crippen LogP contribution is -2.31. The lowest BCUT2D eigenvalue weighted by molar-refractivity contribution is -0.117. The van der Waals surface area contributed by atoms with Crippen LogP contribution in [0.3, 0.4) is 0 Å². The fourth-order valence-electron chi connectivity index (χ4n) is 3.07. The van der Waals surface area contributed by atoms with Crippen LogP contribution in [-0.4, -0.2) is 21.8 Å². The van der Waals surface area contributed by atoms with Crippen molar-refractivity contribution in [3.05, 3.63) is 77.6 Å². The molecule has 0 bridgehead atoms. The number of hydrogen-bond donors (Lipinski definition) is 2. The molecule has 0 saturated carbocycles. The van der Waals surface area contributed by atoms with Gasteiger partial charge in [0.1, 0.15) is 5.69 Å². The van der Waals surface area contributed by atoms with Gasteiger partial charge in [-0.2, -0.15) is 0 Å². The Morgan fingerprint density at radius 2 is 1.81 bits per heavy atom. The third-order valence-electron chi connectivity index (χ3n) is 4.37. The van der Waals surface area contributed by atoms with Crippen LogP contribution in [0.25, 0.3) is 22.2 Å². The van der Waals surface area contributed by atoms with E-state index in [0.29, 0.717) is 22.7 Å². The number of H-pyrrole nitrogens is 1. The fourth-order valence-corrected chi connectivity index (χ4v) is 3.07. The van der Waals surface area contributed by atoms with Crippen LogP contribution in [0.2, 0.25) is 0 Å². The van der Waals surface area contributed by atoms with Crippen LogP contribution in [0, 0.1) is 6.92 Å². The number of fused-ring (bicyclic) bond motifs is 1. The SMILES string of the molecule is Cc1[nH]c2ccccc2c1C(=O)C(=O)NCc1cc(-c2ccccc2)on1. The Labute approximate surface area is 155 Å². The first-order valence-electron chi connectivity index (χ1n) is 8.54. The first-order chi connectivity index (χ1) is 13.1. The largest absolute Gasteiger partial charge is 0.358 e. The molecule has 134 valence electrons. The van der Waals surface area contributed by atoms with E-state index in [1.54, 1.807) is 13.0 Å². The van der Waals surface area contributed by atoms with E-state index in [-0.39, 0.29) is 6.54 Å². The fraction of sp³-hybridized carbons (Fsp3) is 0.0952. The number of carbonyl (C=O) groups excluding carboxylic acids is 2. The van der Waals surface area contributed by atoms with E-state index in [2.05, 4.69) is 15.5 Å². The molecule has 0 atom stereocenters. The number of hydrogen-bond acceptors (Lipinski definition) is 4. The molecule has 2 N–H and O–H groups in total. The Balaban J connectivity index is 1.47. The summed E-state index contributed by atoms with van der Waals surface area (Å²) in [6.07, 6.45) is 0. The molecule has 2 aromatic heterocycles. The van der Waals surface area contributed by atoms with Crippen LogP contribution in [0.5, 0.6) is 0 Å². The van der Waals surface area contributed by atoms with Crippen LogP contribution in [0.15, 0.2) is 65.2 Å². The van der Waals surface area contributed by atoms with Crippen LogP contribution in [-0.2, 0) is 11.3 Å². The van der Waals surface area contributed by atoms with Gasteiger partial charge in [0.25, 0.3) is 11.7 Å². The highest BCUT2D eigenvalue weighted by Gasteiger charge is 2.22. The number of nitrogens with one attached hydrogen (secondary N) is 2. The first-order valence-corrected chi connectivity index (χ1v) is 8.54. The van der Waals surface area contributed by atoms with Crippen molar-refractivity contribution in [1.29, 1.82) is 0 Å². The summed E-state index contributed by atoms with van der Waals surface area (Å²) < 4.78 is 5.30. The molecule has 2 heterocycles. The highest BCUT2D eigenvalue weighted by molar-refractivity contribution is 6.45. The van der Waals surface area contributed by atoms with Crippen LogP contribution in [0.4, 0.5) is 0 Å². The summed E-state index contributed by atoms with van der Waals surface area (Å²) in [6.45, 7) is 1.90. The molecule has 0 aliphatic rings. The lowest BCUT2D eigenvalue weighted by atomic mass is 10.1. The molecule has 6 nitrogen and oxygen atoms in total. The smallest absolute Gasteiger partial charge is 0.292 e. The minimum Gasteiger partial charge on any atom is -0.358 e. The molecule has 0 fully saturated rings. The van der Waals surface area contributed by atoms with E-state index in [4.69, 9.17) is 4.52 Å². The predicted octanol–water partition coefficient (Wildman–Crippen LogP) is 3.63. The van der Waals surface area contributed by atoms with Crippen molar-refractivity contribution in [1.82, 2.24) is 15.5 Å². The van der Waals surface area contributed by atoms with Gasteiger partial charge in [0, 0.05) is 28.2 Å². The maximum atomic E-state index is 12.6. The molecule has 1 amide bonds. The van der Waals surface area contributed by atoms with Gasteiger partial charge in [-0.1, -0.05) is 53.7 Å². The van der Waals surface area contributed by atoms with E-state index < -0.39 is 11.7 Å². The van der Waals surface area contributed by atoms with Gasteiger partial charge >= 0.3 is 0 Å². The number of amides is 1. The third kappa shape index (κ3) is 3.25. The van der Waals surface area contributed by atoms with E-state index in [1.807, 2.05) is 54.6 Å². The van der Waals surface area contributed by atoms with Crippen LogP contribution in [0.1, 0.15) is 21.7 Å². The standard InChI is InChI=1S/C21H17N3O3/c1-13-19(16-9-5-6-10-17(16)23-13)20(25)21(26)22-12-15-11-18(27-24-15)14-7-3-2-4-8-14/h2-11,23H,12H2,1H3,(H,22,26). The van der Waals surface area contributed by atoms with Gasteiger partial charge in [0.15, 0.2) is 5.76 Å². The monoisotopic (exact) mass is 359 g/mol. The zero-order valence-electron chi connectivity index (χ0n) is 14.7. The molecule has 0 aliphatic heterocycles. The number of carbonyl (C=O) groups is 2. The predicted molar refractivity (Wildman–Crippen MR) is 101 cm³/mol. The van der Waals surface area contributed by atoms with Crippen molar-refractivity contribution in [3.8, 4) is 11.3 Å². The molecular formula is C21H17N3O3. The second kappa shape index (κ2) is 6.92.